The van der Waals surface area contributed by atoms with E-state index in [1.54, 1.807) is 28.9 Å². The zero-order valence-corrected chi connectivity index (χ0v) is 11.4. The number of anilines is 1. The fourth-order valence-corrected chi connectivity index (χ4v) is 3.19. The molecule has 2 saturated heterocycles. The molecule has 100 valence electrons. The first kappa shape index (κ1) is 12.5. The summed E-state index contributed by atoms with van der Waals surface area (Å²) in [5.74, 6) is -0.000260. The van der Waals surface area contributed by atoms with Gasteiger partial charge in [0.1, 0.15) is 12.1 Å². The molecule has 2 atom stereocenters. The Kier molecular flexibility index (Phi) is 2.97. The van der Waals surface area contributed by atoms with Gasteiger partial charge in [-0.25, -0.2) is 0 Å². The summed E-state index contributed by atoms with van der Waals surface area (Å²) in [5.41, 5.74) is 0.626. The summed E-state index contributed by atoms with van der Waals surface area (Å²) in [4.78, 5) is 28.2. The van der Waals surface area contributed by atoms with Crippen LogP contribution in [-0.2, 0) is 9.59 Å². The van der Waals surface area contributed by atoms with Crippen LogP contribution in [0, 0.1) is 0 Å². The summed E-state index contributed by atoms with van der Waals surface area (Å²) >= 11 is 6.16. The third-order valence-corrected chi connectivity index (χ3v) is 4.23. The maximum Gasteiger partial charge on any atom is 0.250 e. The first-order valence-corrected chi connectivity index (χ1v) is 6.87. The summed E-state index contributed by atoms with van der Waals surface area (Å²) < 4.78 is 0. The minimum atomic E-state index is -0.484. The van der Waals surface area contributed by atoms with Gasteiger partial charge in [-0.3, -0.25) is 14.5 Å². The van der Waals surface area contributed by atoms with Crippen molar-refractivity contribution in [1.82, 2.24) is 4.90 Å². The van der Waals surface area contributed by atoms with Crippen LogP contribution in [0.1, 0.15) is 19.8 Å². The number of rotatable bonds is 1. The lowest BCUT2D eigenvalue weighted by Gasteiger charge is -2.41. The lowest BCUT2D eigenvalue weighted by molar-refractivity contribution is -0.143. The molecule has 3 rings (SSSR count). The van der Waals surface area contributed by atoms with Crippen molar-refractivity contribution in [2.45, 2.75) is 31.8 Å². The Labute approximate surface area is 116 Å². The highest BCUT2D eigenvalue weighted by atomic mass is 35.5. The Hall–Kier alpha value is -1.55. The molecule has 0 N–H and O–H groups in total. The minimum absolute atomic E-state index is 0.0158. The molecule has 2 fully saturated rings. The zero-order chi connectivity index (χ0) is 13.6. The van der Waals surface area contributed by atoms with E-state index in [4.69, 9.17) is 11.6 Å². The number of hydrogen-bond donors (Lipinski definition) is 0. The Morgan fingerprint density at radius 1 is 1.21 bits per heavy atom. The molecule has 4 nitrogen and oxygen atoms in total. The lowest BCUT2D eigenvalue weighted by atomic mass is 10.1. The van der Waals surface area contributed by atoms with E-state index in [1.165, 1.54) is 0 Å². The third-order valence-electron chi connectivity index (χ3n) is 3.92. The van der Waals surface area contributed by atoms with Crippen LogP contribution in [0.2, 0.25) is 5.02 Å². The molecule has 1 aromatic rings. The first-order chi connectivity index (χ1) is 9.11. The molecule has 0 spiro atoms. The molecule has 2 aliphatic heterocycles. The number of amides is 2. The standard InChI is InChI=1S/C14H15ClN2O2/c1-9-13(18)16-8-4-7-12(16)14(19)17(9)11-6-3-2-5-10(11)15/h2-3,5-6,9,12H,4,7-8H2,1H3. The molecule has 5 heteroatoms. The van der Waals surface area contributed by atoms with Crippen LogP contribution < -0.4 is 4.90 Å². The maximum atomic E-state index is 12.6. The van der Waals surface area contributed by atoms with E-state index >= 15 is 0 Å². The van der Waals surface area contributed by atoms with Gasteiger partial charge in [0.15, 0.2) is 0 Å². The number of halogens is 1. The fourth-order valence-electron chi connectivity index (χ4n) is 2.96. The number of carbonyl (C=O) groups excluding carboxylic acids is 2. The highest BCUT2D eigenvalue weighted by Gasteiger charge is 2.46. The van der Waals surface area contributed by atoms with Gasteiger partial charge < -0.3 is 4.90 Å². The van der Waals surface area contributed by atoms with Crippen molar-refractivity contribution in [1.29, 1.82) is 0 Å². The normalized spacial score (nSPS) is 26.8. The zero-order valence-electron chi connectivity index (χ0n) is 10.7. The van der Waals surface area contributed by atoms with E-state index in [2.05, 4.69) is 0 Å². The van der Waals surface area contributed by atoms with Crippen LogP contribution in [0.15, 0.2) is 24.3 Å². The minimum Gasteiger partial charge on any atom is -0.329 e. The van der Waals surface area contributed by atoms with E-state index in [0.29, 0.717) is 17.3 Å². The second kappa shape index (κ2) is 4.53. The smallest absolute Gasteiger partial charge is 0.250 e. The average molecular weight is 279 g/mol. The van der Waals surface area contributed by atoms with Crippen LogP contribution in [-0.4, -0.2) is 35.3 Å². The second-order valence-corrected chi connectivity index (χ2v) is 5.43. The summed E-state index contributed by atoms with van der Waals surface area (Å²) in [7, 11) is 0. The van der Waals surface area contributed by atoms with Gasteiger partial charge in [0.25, 0.3) is 5.91 Å². The summed E-state index contributed by atoms with van der Waals surface area (Å²) in [5, 5.41) is 0.502. The molecule has 2 heterocycles. The molecule has 2 amide bonds. The van der Waals surface area contributed by atoms with E-state index in [9.17, 15) is 9.59 Å². The Morgan fingerprint density at radius 3 is 2.68 bits per heavy atom. The summed E-state index contributed by atoms with van der Waals surface area (Å²) in [6, 6.07) is 6.37. The van der Waals surface area contributed by atoms with Crippen molar-refractivity contribution in [3.8, 4) is 0 Å². The molecule has 0 saturated carbocycles. The molecule has 19 heavy (non-hydrogen) atoms. The van der Waals surface area contributed by atoms with Gasteiger partial charge in [0.05, 0.1) is 10.7 Å². The summed E-state index contributed by atoms with van der Waals surface area (Å²) in [6.45, 7) is 2.45. The van der Waals surface area contributed by atoms with Gasteiger partial charge in [0, 0.05) is 6.54 Å². The van der Waals surface area contributed by atoms with Crippen molar-refractivity contribution in [3.63, 3.8) is 0 Å². The second-order valence-electron chi connectivity index (χ2n) is 5.03. The van der Waals surface area contributed by atoms with Crippen LogP contribution in [0.5, 0.6) is 0 Å². The molecular weight excluding hydrogens is 264 g/mol. The number of carbonyl (C=O) groups is 2. The van der Waals surface area contributed by atoms with Crippen LogP contribution in [0.25, 0.3) is 0 Å². The molecule has 2 aliphatic rings. The van der Waals surface area contributed by atoms with Crippen molar-refractivity contribution in [3.05, 3.63) is 29.3 Å². The lowest BCUT2D eigenvalue weighted by Crippen LogP contribution is -2.62. The van der Waals surface area contributed by atoms with Crippen LogP contribution >= 0.6 is 11.6 Å². The molecule has 1 aromatic carbocycles. The molecule has 2 unspecified atom stereocenters. The van der Waals surface area contributed by atoms with E-state index < -0.39 is 6.04 Å². The number of fused-ring (bicyclic) bond motifs is 1. The number of hydrogen-bond acceptors (Lipinski definition) is 2. The fraction of sp³-hybridized carbons (Fsp3) is 0.429. The van der Waals surface area contributed by atoms with Gasteiger partial charge in [-0.2, -0.15) is 0 Å². The van der Waals surface area contributed by atoms with E-state index in [-0.39, 0.29) is 17.9 Å². The molecule has 0 aliphatic carbocycles. The average Bonchev–Trinajstić information content (AvgIpc) is 2.88. The molecule has 0 aromatic heterocycles. The van der Waals surface area contributed by atoms with Gasteiger partial charge >= 0.3 is 0 Å². The van der Waals surface area contributed by atoms with Crippen molar-refractivity contribution >= 4 is 29.1 Å². The number of piperazine rings is 1. The van der Waals surface area contributed by atoms with Crippen LogP contribution in [0.3, 0.4) is 0 Å². The topological polar surface area (TPSA) is 40.6 Å². The van der Waals surface area contributed by atoms with Gasteiger partial charge in [-0.15, -0.1) is 0 Å². The highest BCUT2D eigenvalue weighted by molar-refractivity contribution is 6.34. The monoisotopic (exact) mass is 278 g/mol. The van der Waals surface area contributed by atoms with Gasteiger partial charge in [-0.05, 0) is 31.9 Å². The number of nitrogens with zero attached hydrogens (tertiary/aromatic N) is 2. The molecule has 0 bridgehead atoms. The van der Waals surface area contributed by atoms with Crippen molar-refractivity contribution in [2.75, 3.05) is 11.4 Å². The van der Waals surface area contributed by atoms with Gasteiger partial charge in [-0.1, -0.05) is 23.7 Å². The van der Waals surface area contributed by atoms with E-state index in [1.807, 2.05) is 12.1 Å². The molecular formula is C14H15ClN2O2. The molecule has 0 radical (unpaired) electrons. The predicted molar refractivity (Wildman–Crippen MR) is 73.1 cm³/mol. The SMILES string of the molecule is CC1C(=O)N2CCCC2C(=O)N1c1ccccc1Cl. The van der Waals surface area contributed by atoms with Crippen molar-refractivity contribution in [2.24, 2.45) is 0 Å². The Balaban J connectivity index is 2.03. The third kappa shape index (κ3) is 1.82. The number of benzene rings is 1. The maximum absolute atomic E-state index is 12.6. The highest BCUT2D eigenvalue weighted by Crippen LogP contribution is 2.34. The number of para-hydroxylation sites is 1. The van der Waals surface area contributed by atoms with Crippen molar-refractivity contribution < 1.29 is 9.59 Å². The largest absolute Gasteiger partial charge is 0.329 e. The van der Waals surface area contributed by atoms with Crippen LogP contribution in [0.4, 0.5) is 5.69 Å². The van der Waals surface area contributed by atoms with Gasteiger partial charge in [0.2, 0.25) is 5.91 Å². The predicted octanol–water partition coefficient (Wildman–Crippen LogP) is 2.07. The van der Waals surface area contributed by atoms with E-state index in [0.717, 1.165) is 12.8 Å². The Bertz CT molecular complexity index is 546. The quantitative estimate of drug-likeness (QED) is 0.789. The summed E-state index contributed by atoms with van der Waals surface area (Å²) in [6.07, 6.45) is 1.64. The Morgan fingerprint density at radius 2 is 1.95 bits per heavy atom. The first-order valence-electron chi connectivity index (χ1n) is 6.49.